The van der Waals surface area contributed by atoms with E-state index in [1.54, 1.807) is 0 Å². The molecule has 1 N–H and O–H groups in total. The molecule has 2 aromatic rings. The molecule has 0 fully saturated rings. The van der Waals surface area contributed by atoms with E-state index in [0.29, 0.717) is 6.42 Å². The summed E-state index contributed by atoms with van der Waals surface area (Å²) in [5, 5.41) is 10.1. The van der Waals surface area contributed by atoms with Crippen molar-refractivity contribution >= 4 is 16.9 Å². The van der Waals surface area contributed by atoms with Gasteiger partial charge in [-0.25, -0.2) is 0 Å². The van der Waals surface area contributed by atoms with Gasteiger partial charge in [0.2, 0.25) is 0 Å². The van der Waals surface area contributed by atoms with E-state index in [9.17, 15) is 4.79 Å². The second-order valence-corrected chi connectivity index (χ2v) is 4.95. The van der Waals surface area contributed by atoms with Crippen LogP contribution in [0.2, 0.25) is 0 Å². The van der Waals surface area contributed by atoms with Gasteiger partial charge in [0.1, 0.15) is 0 Å². The number of rotatable bonds is 3. The van der Waals surface area contributed by atoms with Gasteiger partial charge < -0.3 is 9.67 Å². The number of fused-ring (bicyclic) bond motifs is 1. The summed E-state index contributed by atoms with van der Waals surface area (Å²) in [6, 6.07) is 4.25. The molecule has 3 nitrogen and oxygen atoms in total. The van der Waals surface area contributed by atoms with Crippen LogP contribution in [-0.2, 0) is 18.3 Å². The van der Waals surface area contributed by atoms with E-state index < -0.39 is 5.97 Å². The van der Waals surface area contributed by atoms with Crippen molar-refractivity contribution in [3.8, 4) is 0 Å². The molecule has 0 amide bonds. The summed E-state index contributed by atoms with van der Waals surface area (Å²) in [4.78, 5) is 10.7. The van der Waals surface area contributed by atoms with Crippen LogP contribution in [0.4, 0.5) is 0 Å². The summed E-state index contributed by atoms with van der Waals surface area (Å²) in [6.07, 6.45) is 0.772. The summed E-state index contributed by atoms with van der Waals surface area (Å²) in [5.41, 5.74) is 6.07. The fourth-order valence-corrected chi connectivity index (χ4v) is 2.81. The molecule has 18 heavy (non-hydrogen) atoms. The topological polar surface area (TPSA) is 42.2 Å². The molecule has 2 rings (SSSR count). The van der Waals surface area contributed by atoms with Crippen molar-refractivity contribution < 1.29 is 9.90 Å². The third kappa shape index (κ3) is 1.90. The van der Waals surface area contributed by atoms with Crippen LogP contribution in [0.3, 0.4) is 0 Å². The first-order valence-electron chi connectivity index (χ1n) is 6.19. The van der Waals surface area contributed by atoms with Crippen molar-refractivity contribution in [2.45, 2.75) is 33.6 Å². The van der Waals surface area contributed by atoms with Crippen LogP contribution in [0.5, 0.6) is 0 Å². The number of carboxylic acid groups (broad SMARTS) is 1. The van der Waals surface area contributed by atoms with Crippen molar-refractivity contribution in [1.82, 2.24) is 4.57 Å². The highest BCUT2D eigenvalue weighted by Gasteiger charge is 2.15. The smallest absolute Gasteiger partial charge is 0.303 e. The minimum absolute atomic E-state index is 0.184. The van der Waals surface area contributed by atoms with Crippen LogP contribution in [0.25, 0.3) is 10.9 Å². The first-order chi connectivity index (χ1) is 8.43. The molecule has 3 heteroatoms. The van der Waals surface area contributed by atoms with Crippen molar-refractivity contribution in [3.05, 3.63) is 34.5 Å². The average molecular weight is 245 g/mol. The standard InChI is InChI=1S/C15H19NO2/c1-9-5-6-10(2)15-14(9)11(3)12(16(15)4)7-8-13(17)18/h5-6H,7-8H2,1-4H3,(H,17,18). The Labute approximate surface area is 107 Å². The predicted octanol–water partition coefficient (Wildman–Crippen LogP) is 3.12. The van der Waals surface area contributed by atoms with Crippen LogP contribution < -0.4 is 0 Å². The summed E-state index contributed by atoms with van der Waals surface area (Å²) < 4.78 is 2.15. The Morgan fingerprint density at radius 2 is 1.83 bits per heavy atom. The summed E-state index contributed by atoms with van der Waals surface area (Å²) in [6.45, 7) is 6.30. The zero-order chi connectivity index (χ0) is 13.4. The maximum absolute atomic E-state index is 10.7. The van der Waals surface area contributed by atoms with Crippen molar-refractivity contribution in [3.63, 3.8) is 0 Å². The Morgan fingerprint density at radius 3 is 2.39 bits per heavy atom. The second kappa shape index (κ2) is 4.48. The van der Waals surface area contributed by atoms with Crippen LogP contribution >= 0.6 is 0 Å². The molecule has 0 unspecified atom stereocenters. The lowest BCUT2D eigenvalue weighted by molar-refractivity contribution is -0.136. The van der Waals surface area contributed by atoms with Gasteiger partial charge in [0.15, 0.2) is 0 Å². The van der Waals surface area contributed by atoms with E-state index in [0.717, 1.165) is 5.69 Å². The Kier molecular flexibility index (Phi) is 3.16. The van der Waals surface area contributed by atoms with Gasteiger partial charge in [0, 0.05) is 18.1 Å². The molecule has 0 aliphatic carbocycles. The molecule has 0 saturated carbocycles. The minimum atomic E-state index is -0.742. The van der Waals surface area contributed by atoms with Gasteiger partial charge in [0.25, 0.3) is 0 Å². The Hall–Kier alpha value is -1.77. The van der Waals surface area contributed by atoms with E-state index in [-0.39, 0.29) is 6.42 Å². The number of aliphatic carboxylic acids is 1. The number of carbonyl (C=O) groups is 1. The molecular formula is C15H19NO2. The molecule has 0 spiro atoms. The zero-order valence-electron chi connectivity index (χ0n) is 11.4. The van der Waals surface area contributed by atoms with E-state index in [2.05, 4.69) is 37.5 Å². The zero-order valence-corrected chi connectivity index (χ0v) is 11.4. The lowest BCUT2D eigenvalue weighted by atomic mass is 10.0. The molecule has 0 aliphatic heterocycles. The van der Waals surface area contributed by atoms with E-state index in [1.807, 2.05) is 7.05 Å². The number of hydrogen-bond donors (Lipinski definition) is 1. The summed E-state index contributed by atoms with van der Waals surface area (Å²) in [7, 11) is 2.03. The Balaban J connectivity index is 2.65. The SMILES string of the molecule is Cc1ccc(C)c2c1c(C)c(CCC(=O)O)n2C. The first-order valence-corrected chi connectivity index (χ1v) is 6.19. The number of aromatic nitrogens is 1. The molecule has 1 heterocycles. The van der Waals surface area contributed by atoms with Crippen LogP contribution in [-0.4, -0.2) is 15.6 Å². The van der Waals surface area contributed by atoms with Crippen LogP contribution in [0.1, 0.15) is 28.8 Å². The molecular weight excluding hydrogens is 226 g/mol. The maximum atomic E-state index is 10.7. The maximum Gasteiger partial charge on any atom is 0.303 e. The van der Waals surface area contributed by atoms with Crippen molar-refractivity contribution in [2.24, 2.45) is 7.05 Å². The molecule has 0 atom stereocenters. The number of hydrogen-bond acceptors (Lipinski definition) is 1. The van der Waals surface area contributed by atoms with E-state index in [1.165, 1.54) is 27.6 Å². The number of carboxylic acids is 1. The average Bonchev–Trinajstić information content (AvgIpc) is 2.55. The van der Waals surface area contributed by atoms with Gasteiger partial charge in [0.05, 0.1) is 11.9 Å². The highest BCUT2D eigenvalue weighted by molar-refractivity contribution is 5.90. The van der Waals surface area contributed by atoms with Gasteiger partial charge >= 0.3 is 5.97 Å². The Morgan fingerprint density at radius 1 is 1.22 bits per heavy atom. The van der Waals surface area contributed by atoms with Gasteiger partial charge in [-0.3, -0.25) is 4.79 Å². The fraction of sp³-hybridized carbons (Fsp3) is 0.400. The fourth-order valence-electron chi connectivity index (χ4n) is 2.81. The minimum Gasteiger partial charge on any atom is -0.481 e. The van der Waals surface area contributed by atoms with Gasteiger partial charge in [-0.2, -0.15) is 0 Å². The second-order valence-electron chi connectivity index (χ2n) is 4.95. The van der Waals surface area contributed by atoms with Gasteiger partial charge in [-0.05, 0) is 43.9 Å². The molecule has 0 bridgehead atoms. The quantitative estimate of drug-likeness (QED) is 0.902. The van der Waals surface area contributed by atoms with Gasteiger partial charge in [-0.15, -0.1) is 0 Å². The molecule has 0 radical (unpaired) electrons. The Bertz CT molecular complexity index is 578. The number of nitrogens with zero attached hydrogens (tertiary/aromatic N) is 1. The highest BCUT2D eigenvalue weighted by atomic mass is 16.4. The van der Waals surface area contributed by atoms with Crippen molar-refractivity contribution in [1.29, 1.82) is 0 Å². The molecule has 0 saturated heterocycles. The van der Waals surface area contributed by atoms with Gasteiger partial charge in [-0.1, -0.05) is 12.1 Å². The van der Waals surface area contributed by atoms with E-state index in [4.69, 9.17) is 5.11 Å². The molecule has 1 aromatic heterocycles. The predicted molar refractivity (Wildman–Crippen MR) is 73.1 cm³/mol. The normalized spacial score (nSPS) is 11.1. The number of aryl methyl sites for hydroxylation is 4. The van der Waals surface area contributed by atoms with Crippen LogP contribution in [0.15, 0.2) is 12.1 Å². The summed E-state index contributed by atoms with van der Waals surface area (Å²) >= 11 is 0. The first kappa shape index (κ1) is 12.7. The van der Waals surface area contributed by atoms with Crippen LogP contribution in [0, 0.1) is 20.8 Å². The third-order valence-corrected chi connectivity index (χ3v) is 3.71. The largest absolute Gasteiger partial charge is 0.481 e. The third-order valence-electron chi connectivity index (χ3n) is 3.71. The highest BCUT2D eigenvalue weighted by Crippen LogP contribution is 2.30. The monoisotopic (exact) mass is 245 g/mol. The number of benzene rings is 1. The molecule has 96 valence electrons. The van der Waals surface area contributed by atoms with E-state index >= 15 is 0 Å². The molecule has 1 aromatic carbocycles. The lowest BCUT2D eigenvalue weighted by Crippen LogP contribution is -2.03. The molecule has 0 aliphatic rings. The van der Waals surface area contributed by atoms with Crippen molar-refractivity contribution in [2.75, 3.05) is 0 Å². The summed E-state index contributed by atoms with van der Waals surface area (Å²) in [5.74, 6) is -0.742. The lowest BCUT2D eigenvalue weighted by Gasteiger charge is -2.05.